The predicted molar refractivity (Wildman–Crippen MR) is 54.8 cm³/mol. The number of hydrogen-bond acceptors (Lipinski definition) is 4. The molecule has 0 spiro atoms. The Morgan fingerprint density at radius 3 is 2.25 bits per heavy atom. The van der Waals surface area contributed by atoms with Crippen LogP contribution in [-0.4, -0.2) is 28.0 Å². The summed E-state index contributed by atoms with van der Waals surface area (Å²) in [7, 11) is 1.21. The van der Waals surface area contributed by atoms with Gasteiger partial charge in [-0.3, -0.25) is 0 Å². The molecule has 16 heavy (non-hydrogen) atoms. The molecule has 0 radical (unpaired) electrons. The second-order valence-electron chi connectivity index (χ2n) is 4.11. The van der Waals surface area contributed by atoms with Crippen LogP contribution < -0.4 is 0 Å². The second kappa shape index (κ2) is 2.81. The van der Waals surface area contributed by atoms with Crippen molar-refractivity contribution < 1.29 is 19.7 Å². The van der Waals surface area contributed by atoms with Gasteiger partial charge in [0.05, 0.1) is 7.11 Å². The van der Waals surface area contributed by atoms with E-state index in [0.717, 1.165) is 11.0 Å². The van der Waals surface area contributed by atoms with Crippen molar-refractivity contribution in [3.63, 3.8) is 0 Å². The minimum absolute atomic E-state index is 0.108. The summed E-state index contributed by atoms with van der Waals surface area (Å²) in [5.74, 6) is -0.180. The van der Waals surface area contributed by atoms with E-state index in [9.17, 15) is 15.0 Å². The van der Waals surface area contributed by atoms with E-state index in [1.165, 1.54) is 7.11 Å². The van der Waals surface area contributed by atoms with Gasteiger partial charge in [-0.1, -0.05) is 12.2 Å². The molecule has 0 fully saturated rings. The maximum atomic E-state index is 11.4. The Hall–Kier alpha value is -1.91. The van der Waals surface area contributed by atoms with Crippen LogP contribution in [0.4, 0.5) is 4.79 Å². The lowest BCUT2D eigenvalue weighted by Gasteiger charge is -2.06. The van der Waals surface area contributed by atoms with Gasteiger partial charge in [-0.25, -0.2) is 4.79 Å². The molecule has 2 aliphatic rings. The van der Waals surface area contributed by atoms with E-state index >= 15 is 0 Å². The average molecular weight is 221 g/mol. The van der Waals surface area contributed by atoms with Gasteiger partial charge in [-0.05, 0) is 6.42 Å². The van der Waals surface area contributed by atoms with Crippen LogP contribution in [0.3, 0.4) is 0 Å². The number of methoxy groups -OCH3 is 1. The summed E-state index contributed by atoms with van der Waals surface area (Å²) in [5, 5.41) is 19.8. The molecule has 1 heterocycles. The van der Waals surface area contributed by atoms with Crippen molar-refractivity contribution in [2.75, 3.05) is 7.11 Å². The summed E-state index contributed by atoms with van der Waals surface area (Å²) in [4.78, 5) is 11.4. The van der Waals surface area contributed by atoms with Crippen molar-refractivity contribution in [2.45, 2.75) is 18.3 Å². The summed E-state index contributed by atoms with van der Waals surface area (Å²) in [5.41, 5.74) is 1.32. The number of rotatable bonds is 0. The van der Waals surface area contributed by atoms with Crippen molar-refractivity contribution >= 4 is 6.09 Å². The topological polar surface area (TPSA) is 71.7 Å². The number of nitrogens with zero attached hydrogens (tertiary/aromatic N) is 1. The molecule has 3 rings (SSSR count). The normalized spacial score (nSPS) is 24.8. The first-order valence-electron chi connectivity index (χ1n) is 5.08. The Bertz CT molecular complexity index is 479. The molecular formula is C11H11NO4. The highest BCUT2D eigenvalue weighted by Gasteiger charge is 2.42. The first-order valence-corrected chi connectivity index (χ1v) is 5.08. The van der Waals surface area contributed by atoms with Gasteiger partial charge in [-0.2, -0.15) is 4.57 Å². The SMILES string of the molecule is COC(=O)n1c(O)c2c(c1O)C1C=CC2C1. The van der Waals surface area contributed by atoms with Gasteiger partial charge < -0.3 is 14.9 Å². The molecule has 5 nitrogen and oxygen atoms in total. The minimum atomic E-state index is -0.774. The van der Waals surface area contributed by atoms with Gasteiger partial charge >= 0.3 is 6.09 Å². The fraction of sp³-hybridized carbons (Fsp3) is 0.364. The Kier molecular flexibility index (Phi) is 1.64. The largest absolute Gasteiger partial charge is 0.494 e. The van der Waals surface area contributed by atoms with E-state index in [-0.39, 0.29) is 23.6 Å². The molecule has 5 heteroatoms. The lowest BCUT2D eigenvalue weighted by molar-refractivity contribution is 0.166. The highest BCUT2D eigenvalue weighted by atomic mass is 16.5. The summed E-state index contributed by atoms with van der Waals surface area (Å²) in [6, 6.07) is 0. The summed E-state index contributed by atoms with van der Waals surface area (Å²) < 4.78 is 5.33. The molecular weight excluding hydrogens is 210 g/mol. The lowest BCUT2D eigenvalue weighted by atomic mass is 10.0. The van der Waals surface area contributed by atoms with E-state index in [2.05, 4.69) is 4.74 Å². The number of fused-ring (bicyclic) bond motifs is 5. The average Bonchev–Trinajstić information content (AvgIpc) is 2.92. The standard InChI is InChI=1S/C11H11NO4/c1-16-11(15)12-9(13)7-5-2-3-6(4-5)8(7)10(12)14/h2-3,5-6,13-14H,4H2,1H3. The Balaban J connectivity index is 2.22. The number of hydrogen-bond donors (Lipinski definition) is 2. The van der Waals surface area contributed by atoms with Crippen LogP contribution in [-0.2, 0) is 4.74 Å². The van der Waals surface area contributed by atoms with Gasteiger partial charge in [0.15, 0.2) is 0 Å². The van der Waals surface area contributed by atoms with Crippen molar-refractivity contribution in [1.82, 2.24) is 4.57 Å². The molecule has 2 aliphatic carbocycles. The molecule has 2 atom stereocenters. The van der Waals surface area contributed by atoms with Crippen LogP contribution in [0.25, 0.3) is 0 Å². The number of aromatic hydroxyl groups is 2. The third-order valence-corrected chi connectivity index (χ3v) is 3.38. The molecule has 0 aliphatic heterocycles. The minimum Gasteiger partial charge on any atom is -0.494 e. The Morgan fingerprint density at radius 2 is 1.81 bits per heavy atom. The number of carbonyl (C=O) groups excluding carboxylic acids is 1. The van der Waals surface area contributed by atoms with Gasteiger partial charge in [0.2, 0.25) is 11.8 Å². The summed E-state index contributed by atoms with van der Waals surface area (Å²) in [6.45, 7) is 0. The van der Waals surface area contributed by atoms with Crippen molar-refractivity contribution in [3.8, 4) is 11.8 Å². The first kappa shape index (κ1) is 9.33. The maximum absolute atomic E-state index is 11.4. The van der Waals surface area contributed by atoms with E-state index in [1.54, 1.807) is 0 Å². The molecule has 0 saturated heterocycles. The highest BCUT2D eigenvalue weighted by molar-refractivity contribution is 5.78. The molecule has 2 N–H and O–H groups in total. The number of aromatic nitrogens is 1. The van der Waals surface area contributed by atoms with Crippen LogP contribution in [0, 0.1) is 0 Å². The van der Waals surface area contributed by atoms with E-state index in [4.69, 9.17) is 0 Å². The summed E-state index contributed by atoms with van der Waals surface area (Å²) in [6.07, 6.45) is 4.08. The number of carbonyl (C=O) groups is 1. The maximum Gasteiger partial charge on any atom is 0.423 e. The Morgan fingerprint density at radius 1 is 1.31 bits per heavy atom. The van der Waals surface area contributed by atoms with Crippen LogP contribution in [0.5, 0.6) is 11.8 Å². The quantitative estimate of drug-likeness (QED) is 0.653. The second-order valence-corrected chi connectivity index (χ2v) is 4.11. The van der Waals surface area contributed by atoms with Crippen LogP contribution in [0.1, 0.15) is 29.4 Å². The molecule has 84 valence electrons. The van der Waals surface area contributed by atoms with E-state index < -0.39 is 6.09 Å². The molecule has 2 bridgehead atoms. The molecule has 0 saturated carbocycles. The van der Waals surface area contributed by atoms with E-state index in [0.29, 0.717) is 11.1 Å². The van der Waals surface area contributed by atoms with E-state index in [1.807, 2.05) is 12.2 Å². The molecule has 0 aromatic carbocycles. The first-order chi connectivity index (χ1) is 7.65. The third-order valence-electron chi connectivity index (χ3n) is 3.38. The number of allylic oxidation sites excluding steroid dienone is 2. The smallest absolute Gasteiger partial charge is 0.423 e. The van der Waals surface area contributed by atoms with Crippen molar-refractivity contribution in [2.24, 2.45) is 0 Å². The zero-order valence-corrected chi connectivity index (χ0v) is 8.67. The fourth-order valence-electron chi connectivity index (χ4n) is 2.70. The van der Waals surface area contributed by atoms with Gasteiger partial charge in [-0.15, -0.1) is 0 Å². The molecule has 1 aromatic heterocycles. The van der Waals surface area contributed by atoms with Crippen molar-refractivity contribution in [3.05, 3.63) is 23.3 Å². The third kappa shape index (κ3) is 0.881. The summed E-state index contributed by atoms with van der Waals surface area (Å²) >= 11 is 0. The number of ether oxygens (including phenoxy) is 1. The molecule has 1 aromatic rings. The zero-order valence-electron chi connectivity index (χ0n) is 8.67. The van der Waals surface area contributed by atoms with Crippen molar-refractivity contribution in [1.29, 1.82) is 0 Å². The van der Waals surface area contributed by atoms with Crippen LogP contribution in [0.2, 0.25) is 0 Å². The molecule has 2 unspecified atom stereocenters. The van der Waals surface area contributed by atoms with Gasteiger partial charge in [0.25, 0.3) is 0 Å². The van der Waals surface area contributed by atoms with Crippen LogP contribution >= 0.6 is 0 Å². The molecule has 0 amide bonds. The van der Waals surface area contributed by atoms with Gasteiger partial charge in [0.1, 0.15) is 0 Å². The predicted octanol–water partition coefficient (Wildman–Crippen LogP) is 1.65. The monoisotopic (exact) mass is 221 g/mol. The lowest BCUT2D eigenvalue weighted by Crippen LogP contribution is -2.10. The highest BCUT2D eigenvalue weighted by Crippen LogP contribution is 2.56. The zero-order chi connectivity index (χ0) is 11.4. The van der Waals surface area contributed by atoms with Gasteiger partial charge in [0, 0.05) is 23.0 Å². The van der Waals surface area contributed by atoms with Crippen LogP contribution in [0.15, 0.2) is 12.2 Å². The Labute approximate surface area is 91.6 Å². The fourth-order valence-corrected chi connectivity index (χ4v) is 2.70.